The molecule has 1 amide bonds. The Hall–Kier alpha value is -2.67. The van der Waals surface area contributed by atoms with Gasteiger partial charge in [-0.1, -0.05) is 34.1 Å². The van der Waals surface area contributed by atoms with Gasteiger partial charge in [0.05, 0.1) is 12.7 Å². The number of ether oxygens (including phenoxy) is 1. The molecule has 2 aromatic rings. The van der Waals surface area contributed by atoms with Crippen molar-refractivity contribution < 1.29 is 24.2 Å². The largest absolute Gasteiger partial charge is 0.480 e. The Labute approximate surface area is 152 Å². The second kappa shape index (κ2) is 8.43. The molecule has 0 heterocycles. The number of carboxylic acid groups (broad SMARTS) is 1. The number of methoxy groups -OCH3 is 1. The standard InChI is InChI=1S/C18H16BrNO5/c1-25-18(24)13-4-2-3-12(10-13)16(21)20-15(17(22)23)9-11-5-7-14(19)8-6-11/h2-8,10,15H,9H2,1H3,(H,20,21)(H,22,23)/t15-/m0/s1. The highest BCUT2D eigenvalue weighted by Gasteiger charge is 2.21. The van der Waals surface area contributed by atoms with Crippen LogP contribution in [0.4, 0.5) is 0 Å². The summed E-state index contributed by atoms with van der Waals surface area (Å²) in [4.78, 5) is 35.3. The van der Waals surface area contributed by atoms with Crippen LogP contribution >= 0.6 is 15.9 Å². The van der Waals surface area contributed by atoms with Crippen LogP contribution in [-0.2, 0) is 16.0 Å². The molecule has 0 fully saturated rings. The zero-order valence-corrected chi connectivity index (χ0v) is 14.9. The number of carbonyl (C=O) groups excluding carboxylic acids is 2. The molecule has 0 radical (unpaired) electrons. The summed E-state index contributed by atoms with van der Waals surface area (Å²) in [7, 11) is 1.24. The van der Waals surface area contributed by atoms with E-state index in [2.05, 4.69) is 26.0 Å². The molecule has 0 spiro atoms. The molecule has 7 heteroatoms. The molecule has 0 unspecified atom stereocenters. The van der Waals surface area contributed by atoms with Crippen LogP contribution < -0.4 is 5.32 Å². The van der Waals surface area contributed by atoms with Crippen molar-refractivity contribution in [2.75, 3.05) is 7.11 Å². The van der Waals surface area contributed by atoms with Crippen LogP contribution in [0.5, 0.6) is 0 Å². The Bertz CT molecular complexity index is 788. The molecule has 6 nitrogen and oxygen atoms in total. The molecular formula is C18H16BrNO5. The molecule has 1 atom stereocenters. The normalized spacial score (nSPS) is 11.4. The van der Waals surface area contributed by atoms with E-state index >= 15 is 0 Å². The van der Waals surface area contributed by atoms with Gasteiger partial charge in [-0.2, -0.15) is 0 Å². The molecule has 2 rings (SSSR count). The quantitative estimate of drug-likeness (QED) is 0.720. The van der Waals surface area contributed by atoms with Crippen molar-refractivity contribution in [2.24, 2.45) is 0 Å². The van der Waals surface area contributed by atoms with Crippen LogP contribution in [-0.4, -0.2) is 36.1 Å². The number of amides is 1. The van der Waals surface area contributed by atoms with Crippen LogP contribution in [0.1, 0.15) is 26.3 Å². The second-order valence-corrected chi connectivity index (χ2v) is 6.18. The topological polar surface area (TPSA) is 92.7 Å². The highest BCUT2D eigenvalue weighted by Crippen LogP contribution is 2.13. The Morgan fingerprint density at radius 3 is 2.36 bits per heavy atom. The summed E-state index contributed by atoms with van der Waals surface area (Å²) in [6.45, 7) is 0. The van der Waals surface area contributed by atoms with E-state index in [4.69, 9.17) is 0 Å². The number of rotatable bonds is 6. The summed E-state index contributed by atoms with van der Waals surface area (Å²) in [6, 6.07) is 12.0. The number of hydrogen-bond donors (Lipinski definition) is 2. The number of esters is 1. The number of benzene rings is 2. The van der Waals surface area contributed by atoms with Crippen molar-refractivity contribution in [2.45, 2.75) is 12.5 Å². The van der Waals surface area contributed by atoms with E-state index < -0.39 is 23.9 Å². The molecule has 130 valence electrons. The monoisotopic (exact) mass is 405 g/mol. The molecule has 25 heavy (non-hydrogen) atoms. The van der Waals surface area contributed by atoms with Gasteiger partial charge >= 0.3 is 11.9 Å². The van der Waals surface area contributed by atoms with E-state index in [1.165, 1.54) is 31.4 Å². The van der Waals surface area contributed by atoms with Crippen molar-refractivity contribution in [1.29, 1.82) is 0 Å². The molecule has 0 bridgehead atoms. The van der Waals surface area contributed by atoms with Crippen LogP contribution in [0.15, 0.2) is 53.0 Å². The molecule has 2 N–H and O–H groups in total. The number of hydrogen-bond acceptors (Lipinski definition) is 4. The Morgan fingerprint density at radius 2 is 1.76 bits per heavy atom. The van der Waals surface area contributed by atoms with Gasteiger partial charge in [-0.15, -0.1) is 0 Å². The average molecular weight is 406 g/mol. The highest BCUT2D eigenvalue weighted by atomic mass is 79.9. The van der Waals surface area contributed by atoms with Crippen molar-refractivity contribution in [3.8, 4) is 0 Å². The van der Waals surface area contributed by atoms with Gasteiger partial charge in [0.25, 0.3) is 5.91 Å². The minimum Gasteiger partial charge on any atom is -0.480 e. The minimum atomic E-state index is -1.14. The lowest BCUT2D eigenvalue weighted by atomic mass is 10.0. The number of carbonyl (C=O) groups is 3. The summed E-state index contributed by atoms with van der Waals surface area (Å²) in [6.07, 6.45) is 0.144. The van der Waals surface area contributed by atoms with E-state index in [0.717, 1.165) is 10.0 Å². The molecular weight excluding hydrogens is 390 g/mol. The zero-order valence-electron chi connectivity index (χ0n) is 13.4. The lowest BCUT2D eigenvalue weighted by molar-refractivity contribution is -0.139. The van der Waals surface area contributed by atoms with Gasteiger partial charge in [0.2, 0.25) is 0 Å². The number of carboxylic acids is 1. The van der Waals surface area contributed by atoms with Crippen molar-refractivity contribution >= 4 is 33.8 Å². The summed E-state index contributed by atoms with van der Waals surface area (Å²) in [5.41, 5.74) is 1.18. The number of nitrogens with one attached hydrogen (secondary N) is 1. The second-order valence-electron chi connectivity index (χ2n) is 5.27. The van der Waals surface area contributed by atoms with Crippen LogP contribution in [0.25, 0.3) is 0 Å². The zero-order chi connectivity index (χ0) is 18.4. The first-order valence-electron chi connectivity index (χ1n) is 7.37. The van der Waals surface area contributed by atoms with Crippen LogP contribution in [0.2, 0.25) is 0 Å². The fraction of sp³-hybridized carbons (Fsp3) is 0.167. The van der Waals surface area contributed by atoms with Crippen molar-refractivity contribution in [3.63, 3.8) is 0 Å². The van der Waals surface area contributed by atoms with Crippen LogP contribution in [0, 0.1) is 0 Å². The van der Waals surface area contributed by atoms with E-state index in [0.29, 0.717) is 0 Å². The third-order valence-electron chi connectivity index (χ3n) is 3.50. The van der Waals surface area contributed by atoms with Gasteiger partial charge in [0.15, 0.2) is 0 Å². The van der Waals surface area contributed by atoms with Gasteiger partial charge in [-0.25, -0.2) is 9.59 Å². The van der Waals surface area contributed by atoms with E-state index in [9.17, 15) is 19.5 Å². The first kappa shape index (κ1) is 18.7. The van der Waals surface area contributed by atoms with E-state index in [1.807, 2.05) is 0 Å². The fourth-order valence-corrected chi connectivity index (χ4v) is 2.47. The Balaban J connectivity index is 2.13. The average Bonchev–Trinajstić information content (AvgIpc) is 2.62. The molecule has 0 aromatic heterocycles. The first-order valence-corrected chi connectivity index (χ1v) is 8.16. The fourth-order valence-electron chi connectivity index (χ4n) is 2.20. The predicted octanol–water partition coefficient (Wildman–Crippen LogP) is 2.66. The molecule has 0 saturated carbocycles. The Morgan fingerprint density at radius 1 is 1.12 bits per heavy atom. The number of halogens is 1. The SMILES string of the molecule is COC(=O)c1cccc(C(=O)N[C@@H](Cc2ccc(Br)cc2)C(=O)O)c1. The van der Waals surface area contributed by atoms with Gasteiger partial charge in [0.1, 0.15) is 6.04 Å². The van der Waals surface area contributed by atoms with Crippen molar-refractivity contribution in [1.82, 2.24) is 5.32 Å². The summed E-state index contributed by atoms with van der Waals surface area (Å²) < 4.78 is 5.49. The van der Waals surface area contributed by atoms with Crippen molar-refractivity contribution in [3.05, 3.63) is 69.7 Å². The maximum atomic E-state index is 12.3. The summed E-state index contributed by atoms with van der Waals surface area (Å²) in [5, 5.41) is 11.8. The Kier molecular flexibility index (Phi) is 6.30. The van der Waals surface area contributed by atoms with Crippen LogP contribution in [0.3, 0.4) is 0 Å². The first-order chi connectivity index (χ1) is 11.9. The third kappa shape index (κ3) is 5.15. The molecule has 0 aliphatic heterocycles. The van der Waals surface area contributed by atoms with Gasteiger partial charge in [0, 0.05) is 16.5 Å². The molecule has 0 saturated heterocycles. The third-order valence-corrected chi connectivity index (χ3v) is 4.03. The van der Waals surface area contributed by atoms with E-state index in [1.54, 1.807) is 24.3 Å². The van der Waals surface area contributed by atoms with Gasteiger partial charge in [-0.05, 0) is 35.9 Å². The predicted molar refractivity (Wildman–Crippen MR) is 94.5 cm³/mol. The molecule has 2 aromatic carbocycles. The minimum absolute atomic E-state index is 0.144. The molecule has 0 aliphatic carbocycles. The lowest BCUT2D eigenvalue weighted by Crippen LogP contribution is -2.42. The smallest absolute Gasteiger partial charge is 0.337 e. The van der Waals surface area contributed by atoms with Gasteiger partial charge in [-0.3, -0.25) is 4.79 Å². The maximum Gasteiger partial charge on any atom is 0.337 e. The summed E-state index contributed by atoms with van der Waals surface area (Å²) >= 11 is 3.31. The lowest BCUT2D eigenvalue weighted by Gasteiger charge is -2.15. The maximum absolute atomic E-state index is 12.3. The van der Waals surface area contributed by atoms with Gasteiger partial charge < -0.3 is 15.2 Å². The number of aliphatic carboxylic acids is 1. The molecule has 0 aliphatic rings. The van der Waals surface area contributed by atoms with E-state index in [-0.39, 0.29) is 17.5 Å². The summed E-state index contributed by atoms with van der Waals surface area (Å²) in [5.74, 6) is -2.28. The highest BCUT2D eigenvalue weighted by molar-refractivity contribution is 9.10.